The minimum absolute atomic E-state index is 0.477. The number of aromatic nitrogens is 1. The lowest BCUT2D eigenvalue weighted by Gasteiger charge is -2.31. The third kappa shape index (κ3) is 3.43. The van der Waals surface area contributed by atoms with Gasteiger partial charge in [-0.05, 0) is 43.4 Å². The van der Waals surface area contributed by atoms with Gasteiger partial charge in [-0.2, -0.15) is 0 Å². The Hall–Kier alpha value is -1.13. The summed E-state index contributed by atoms with van der Waals surface area (Å²) in [6, 6.07) is 4.51. The second-order valence-corrected chi connectivity index (χ2v) is 4.87. The zero-order valence-corrected chi connectivity index (χ0v) is 11.1. The summed E-state index contributed by atoms with van der Waals surface area (Å²) in [5.74, 6) is 1.34. The molecule has 2 rings (SSSR count). The molecule has 4 heteroatoms. The fraction of sp³-hybridized carbons (Fsp3) is 0.643. The minimum Gasteiger partial charge on any atom is -0.383 e. The molecule has 1 aromatic rings. The molecule has 1 saturated heterocycles. The van der Waals surface area contributed by atoms with Gasteiger partial charge < -0.3 is 15.8 Å². The molecule has 0 spiro atoms. The quantitative estimate of drug-likeness (QED) is 0.832. The van der Waals surface area contributed by atoms with E-state index in [0.29, 0.717) is 17.8 Å². The highest BCUT2D eigenvalue weighted by atomic mass is 16.5. The minimum atomic E-state index is 0.477. The summed E-state index contributed by atoms with van der Waals surface area (Å²) in [5.41, 5.74) is 7.08. The van der Waals surface area contributed by atoms with Crippen molar-refractivity contribution in [3.05, 3.63) is 23.9 Å². The van der Waals surface area contributed by atoms with Gasteiger partial charge in [0.15, 0.2) is 0 Å². The molecule has 0 aromatic carbocycles. The third-order valence-electron chi connectivity index (χ3n) is 3.67. The standard InChI is InChI=1S/C14H23N3O/c1-2-16-13(11-5-8-18-9-6-11)10-12-4-3-7-17-14(12)15/h3-4,7,11,13,16H,2,5-6,8-10H2,1H3,(H2,15,17). The zero-order valence-electron chi connectivity index (χ0n) is 11.1. The van der Waals surface area contributed by atoms with Crippen LogP contribution in [-0.2, 0) is 11.2 Å². The molecule has 1 atom stereocenters. The van der Waals surface area contributed by atoms with Gasteiger partial charge in [0.2, 0.25) is 0 Å². The molecular weight excluding hydrogens is 226 g/mol. The summed E-state index contributed by atoms with van der Waals surface area (Å²) in [5, 5.41) is 3.59. The Labute approximate surface area is 109 Å². The molecule has 0 radical (unpaired) electrons. The van der Waals surface area contributed by atoms with Gasteiger partial charge >= 0.3 is 0 Å². The monoisotopic (exact) mass is 249 g/mol. The van der Waals surface area contributed by atoms with Gasteiger partial charge in [-0.25, -0.2) is 4.98 Å². The third-order valence-corrected chi connectivity index (χ3v) is 3.67. The predicted molar refractivity (Wildman–Crippen MR) is 73.4 cm³/mol. The smallest absolute Gasteiger partial charge is 0.126 e. The fourth-order valence-corrected chi connectivity index (χ4v) is 2.65. The van der Waals surface area contributed by atoms with E-state index in [1.165, 1.54) is 0 Å². The van der Waals surface area contributed by atoms with Crippen LogP contribution < -0.4 is 11.1 Å². The SMILES string of the molecule is CCNC(Cc1cccnc1N)C1CCOCC1. The van der Waals surface area contributed by atoms with Crippen LogP contribution in [0.1, 0.15) is 25.3 Å². The van der Waals surface area contributed by atoms with Crippen molar-refractivity contribution in [1.82, 2.24) is 10.3 Å². The highest BCUT2D eigenvalue weighted by Gasteiger charge is 2.24. The normalized spacial score (nSPS) is 18.7. The summed E-state index contributed by atoms with van der Waals surface area (Å²) in [4.78, 5) is 4.16. The van der Waals surface area contributed by atoms with E-state index in [0.717, 1.165) is 44.6 Å². The van der Waals surface area contributed by atoms with E-state index in [4.69, 9.17) is 10.5 Å². The van der Waals surface area contributed by atoms with Crippen molar-refractivity contribution in [3.8, 4) is 0 Å². The Morgan fingerprint density at radius 2 is 2.28 bits per heavy atom. The topological polar surface area (TPSA) is 60.2 Å². The molecule has 1 aromatic heterocycles. The number of rotatable bonds is 5. The summed E-state index contributed by atoms with van der Waals surface area (Å²) in [6.45, 7) is 4.91. The van der Waals surface area contributed by atoms with Crippen LogP contribution in [0.2, 0.25) is 0 Å². The molecule has 0 bridgehead atoms. The van der Waals surface area contributed by atoms with Gasteiger partial charge in [-0.15, -0.1) is 0 Å². The van der Waals surface area contributed by atoms with Gasteiger partial charge in [0.25, 0.3) is 0 Å². The first-order chi connectivity index (χ1) is 8.81. The highest BCUT2D eigenvalue weighted by Crippen LogP contribution is 2.22. The molecule has 0 aliphatic carbocycles. The molecule has 1 unspecified atom stereocenters. The lowest BCUT2D eigenvalue weighted by molar-refractivity contribution is 0.0540. The molecule has 0 saturated carbocycles. The fourth-order valence-electron chi connectivity index (χ4n) is 2.65. The van der Waals surface area contributed by atoms with E-state index in [-0.39, 0.29) is 0 Å². The van der Waals surface area contributed by atoms with Crippen LogP contribution in [0.25, 0.3) is 0 Å². The zero-order chi connectivity index (χ0) is 12.8. The van der Waals surface area contributed by atoms with Crippen molar-refractivity contribution in [2.45, 2.75) is 32.2 Å². The number of nitrogens with one attached hydrogen (secondary N) is 1. The molecule has 3 N–H and O–H groups in total. The molecule has 1 fully saturated rings. The van der Waals surface area contributed by atoms with E-state index in [1.807, 2.05) is 6.07 Å². The van der Waals surface area contributed by atoms with E-state index in [9.17, 15) is 0 Å². The number of hydrogen-bond donors (Lipinski definition) is 2. The van der Waals surface area contributed by atoms with Gasteiger partial charge in [-0.3, -0.25) is 0 Å². The second-order valence-electron chi connectivity index (χ2n) is 4.87. The number of ether oxygens (including phenoxy) is 1. The van der Waals surface area contributed by atoms with Crippen molar-refractivity contribution >= 4 is 5.82 Å². The molecular formula is C14H23N3O. The lowest BCUT2D eigenvalue weighted by atomic mass is 9.87. The second kappa shape index (κ2) is 6.71. The number of anilines is 1. The molecule has 2 heterocycles. The van der Waals surface area contributed by atoms with Crippen LogP contribution in [0.3, 0.4) is 0 Å². The predicted octanol–water partition coefficient (Wildman–Crippen LogP) is 1.61. The first-order valence-electron chi connectivity index (χ1n) is 6.81. The largest absolute Gasteiger partial charge is 0.383 e. The maximum absolute atomic E-state index is 5.93. The van der Waals surface area contributed by atoms with Gasteiger partial charge in [0.05, 0.1) is 0 Å². The van der Waals surface area contributed by atoms with Gasteiger partial charge in [0.1, 0.15) is 5.82 Å². The molecule has 0 amide bonds. The molecule has 100 valence electrons. The molecule has 1 aliphatic rings. The van der Waals surface area contributed by atoms with Crippen molar-refractivity contribution in [2.24, 2.45) is 5.92 Å². The summed E-state index contributed by atoms with van der Waals surface area (Å²) in [6.07, 6.45) is 4.98. The molecule has 1 aliphatic heterocycles. The van der Waals surface area contributed by atoms with Crippen molar-refractivity contribution in [1.29, 1.82) is 0 Å². The van der Waals surface area contributed by atoms with Crippen LogP contribution in [0.15, 0.2) is 18.3 Å². The molecule has 4 nitrogen and oxygen atoms in total. The Kier molecular flexibility index (Phi) is 4.96. The van der Waals surface area contributed by atoms with E-state index in [2.05, 4.69) is 23.3 Å². The lowest BCUT2D eigenvalue weighted by Crippen LogP contribution is -2.40. The first-order valence-corrected chi connectivity index (χ1v) is 6.81. The van der Waals surface area contributed by atoms with E-state index >= 15 is 0 Å². The number of likely N-dealkylation sites (N-methyl/N-ethyl adjacent to an activating group) is 1. The Morgan fingerprint density at radius 1 is 1.50 bits per heavy atom. The summed E-state index contributed by atoms with van der Waals surface area (Å²) in [7, 11) is 0. The van der Waals surface area contributed by atoms with Crippen LogP contribution in [0.5, 0.6) is 0 Å². The van der Waals surface area contributed by atoms with Gasteiger partial charge in [0, 0.05) is 25.5 Å². The van der Waals surface area contributed by atoms with Crippen molar-refractivity contribution in [2.75, 3.05) is 25.5 Å². The highest BCUT2D eigenvalue weighted by molar-refractivity contribution is 5.39. The number of pyridine rings is 1. The van der Waals surface area contributed by atoms with Gasteiger partial charge in [-0.1, -0.05) is 13.0 Å². The van der Waals surface area contributed by atoms with Crippen LogP contribution in [-0.4, -0.2) is 30.8 Å². The number of hydrogen-bond acceptors (Lipinski definition) is 4. The van der Waals surface area contributed by atoms with Crippen LogP contribution in [0, 0.1) is 5.92 Å². The average molecular weight is 249 g/mol. The maximum Gasteiger partial charge on any atom is 0.126 e. The van der Waals surface area contributed by atoms with Crippen molar-refractivity contribution in [3.63, 3.8) is 0 Å². The number of nitrogens with zero attached hydrogens (tertiary/aromatic N) is 1. The average Bonchev–Trinajstić information content (AvgIpc) is 2.42. The summed E-state index contributed by atoms with van der Waals surface area (Å²) >= 11 is 0. The van der Waals surface area contributed by atoms with Crippen LogP contribution >= 0.6 is 0 Å². The Morgan fingerprint density at radius 3 is 2.94 bits per heavy atom. The maximum atomic E-state index is 5.93. The number of nitrogens with two attached hydrogens (primary N) is 1. The Bertz CT molecular complexity index is 364. The van der Waals surface area contributed by atoms with Crippen LogP contribution in [0.4, 0.5) is 5.82 Å². The molecule has 18 heavy (non-hydrogen) atoms. The Balaban J connectivity index is 2.03. The first kappa shape index (κ1) is 13.3. The van der Waals surface area contributed by atoms with Crippen molar-refractivity contribution < 1.29 is 4.74 Å². The number of nitrogen functional groups attached to an aromatic ring is 1. The van der Waals surface area contributed by atoms with E-state index < -0.39 is 0 Å². The summed E-state index contributed by atoms with van der Waals surface area (Å²) < 4.78 is 5.44. The van der Waals surface area contributed by atoms with E-state index in [1.54, 1.807) is 6.20 Å².